The standard InChI is InChI=1S/C18H16ClP/c19-20(16-10-4-1-5-11-16,17-12-6-2-7-13-17)18-14-8-3-9-15-18/h1-15,20H. The van der Waals surface area contributed by atoms with Gasteiger partial charge in [0.05, 0.1) is 0 Å². The van der Waals surface area contributed by atoms with E-state index in [2.05, 4.69) is 72.8 Å². The first-order chi connectivity index (χ1) is 9.82. The van der Waals surface area contributed by atoms with E-state index in [0.29, 0.717) is 0 Å². The molecule has 0 saturated heterocycles. The first kappa shape index (κ1) is 13.4. The Labute approximate surface area is 125 Å². The Balaban J connectivity index is 2.24. The number of hydrogen-bond acceptors (Lipinski definition) is 0. The maximum absolute atomic E-state index is 7.25. The van der Waals surface area contributed by atoms with Gasteiger partial charge < -0.3 is 0 Å². The number of hydrogen-bond donors (Lipinski definition) is 0. The fourth-order valence-corrected chi connectivity index (χ4v) is 6.59. The summed E-state index contributed by atoms with van der Waals surface area (Å²) >= 11 is 7.25. The van der Waals surface area contributed by atoms with Crippen molar-refractivity contribution in [3.05, 3.63) is 91.0 Å². The monoisotopic (exact) mass is 298 g/mol. The number of halogens is 1. The zero-order valence-corrected chi connectivity index (χ0v) is 12.8. The molecule has 0 spiro atoms. The summed E-state index contributed by atoms with van der Waals surface area (Å²) in [6.07, 6.45) is 0. The van der Waals surface area contributed by atoms with Crippen LogP contribution in [0.3, 0.4) is 0 Å². The molecule has 0 radical (unpaired) electrons. The van der Waals surface area contributed by atoms with E-state index < -0.39 is 6.62 Å². The van der Waals surface area contributed by atoms with E-state index in [1.54, 1.807) is 0 Å². The molecule has 0 fully saturated rings. The van der Waals surface area contributed by atoms with Crippen LogP contribution in [0.25, 0.3) is 0 Å². The Morgan fingerprint density at radius 2 is 0.700 bits per heavy atom. The molecule has 0 aliphatic carbocycles. The van der Waals surface area contributed by atoms with Crippen LogP contribution in [0, 0.1) is 0 Å². The second-order valence-electron chi connectivity index (χ2n) is 4.76. The summed E-state index contributed by atoms with van der Waals surface area (Å²) in [6.45, 7) is -2.41. The van der Waals surface area contributed by atoms with Gasteiger partial charge in [0, 0.05) is 0 Å². The molecule has 20 heavy (non-hydrogen) atoms. The summed E-state index contributed by atoms with van der Waals surface area (Å²) < 4.78 is 0. The third-order valence-electron chi connectivity index (χ3n) is 3.51. The predicted octanol–water partition coefficient (Wildman–Crippen LogP) is 3.87. The van der Waals surface area contributed by atoms with E-state index in [4.69, 9.17) is 11.2 Å². The molecule has 0 nitrogen and oxygen atoms in total. The van der Waals surface area contributed by atoms with Crippen molar-refractivity contribution in [2.75, 3.05) is 0 Å². The van der Waals surface area contributed by atoms with Gasteiger partial charge in [0.25, 0.3) is 0 Å². The zero-order valence-electron chi connectivity index (χ0n) is 11.0. The summed E-state index contributed by atoms with van der Waals surface area (Å²) in [6, 6.07) is 31.3. The summed E-state index contributed by atoms with van der Waals surface area (Å²) in [5.41, 5.74) is 0. The Morgan fingerprint density at radius 1 is 0.450 bits per heavy atom. The van der Waals surface area contributed by atoms with Gasteiger partial charge in [0.1, 0.15) is 0 Å². The van der Waals surface area contributed by atoms with Crippen LogP contribution in [0.4, 0.5) is 0 Å². The van der Waals surface area contributed by atoms with Crippen LogP contribution in [-0.4, -0.2) is 0 Å². The van der Waals surface area contributed by atoms with Crippen LogP contribution >= 0.6 is 17.9 Å². The fourth-order valence-electron chi connectivity index (χ4n) is 2.50. The second-order valence-corrected chi connectivity index (χ2v) is 9.51. The van der Waals surface area contributed by atoms with E-state index >= 15 is 0 Å². The van der Waals surface area contributed by atoms with Crippen molar-refractivity contribution < 1.29 is 0 Å². The van der Waals surface area contributed by atoms with Gasteiger partial charge in [0.2, 0.25) is 0 Å². The normalized spacial score (nSPS) is 12.1. The molecule has 3 aromatic carbocycles. The van der Waals surface area contributed by atoms with Gasteiger partial charge in [-0.3, -0.25) is 0 Å². The number of rotatable bonds is 3. The first-order valence-electron chi connectivity index (χ1n) is 6.67. The van der Waals surface area contributed by atoms with E-state index in [1.807, 2.05) is 18.2 Å². The average Bonchev–Trinajstić information content (AvgIpc) is 2.56. The average molecular weight is 299 g/mol. The molecule has 0 heterocycles. The van der Waals surface area contributed by atoms with Gasteiger partial charge in [-0.15, -0.1) is 0 Å². The molecule has 100 valence electrons. The quantitative estimate of drug-likeness (QED) is 0.644. The van der Waals surface area contributed by atoms with Gasteiger partial charge in [-0.1, -0.05) is 0 Å². The molecule has 0 atom stereocenters. The van der Waals surface area contributed by atoms with Gasteiger partial charge in [0.15, 0.2) is 0 Å². The molecular formula is C18H16ClP. The minimum atomic E-state index is -2.41. The molecule has 3 aromatic rings. The topological polar surface area (TPSA) is 0 Å². The molecule has 2 heteroatoms. The SMILES string of the molecule is Cl[PH](c1ccccc1)(c1ccccc1)c1ccccc1. The molecule has 0 bridgehead atoms. The van der Waals surface area contributed by atoms with Gasteiger partial charge in [-0.05, 0) is 0 Å². The third-order valence-corrected chi connectivity index (χ3v) is 8.87. The molecule has 3 rings (SSSR count). The van der Waals surface area contributed by atoms with Crippen LogP contribution in [0.1, 0.15) is 0 Å². The van der Waals surface area contributed by atoms with Gasteiger partial charge in [-0.2, -0.15) is 0 Å². The van der Waals surface area contributed by atoms with Crippen molar-refractivity contribution in [2.24, 2.45) is 0 Å². The Kier molecular flexibility index (Phi) is 3.87. The van der Waals surface area contributed by atoms with Crippen molar-refractivity contribution in [3.63, 3.8) is 0 Å². The van der Waals surface area contributed by atoms with Crippen LogP contribution < -0.4 is 15.9 Å². The second kappa shape index (κ2) is 5.79. The Hall–Kier alpha value is -1.62. The Bertz CT molecular complexity index is 569. The maximum atomic E-state index is 7.25. The first-order valence-corrected chi connectivity index (χ1v) is 9.68. The van der Waals surface area contributed by atoms with Gasteiger partial charge >= 0.3 is 125 Å². The summed E-state index contributed by atoms with van der Waals surface area (Å²) in [5, 5.41) is 3.66. The number of benzene rings is 3. The molecule has 0 saturated carbocycles. The molecule has 0 aliphatic rings. The van der Waals surface area contributed by atoms with E-state index in [0.717, 1.165) is 0 Å². The van der Waals surface area contributed by atoms with Crippen LogP contribution in [-0.2, 0) is 0 Å². The van der Waals surface area contributed by atoms with Crippen molar-refractivity contribution in [1.29, 1.82) is 0 Å². The summed E-state index contributed by atoms with van der Waals surface area (Å²) in [5.74, 6) is 0. The van der Waals surface area contributed by atoms with Crippen LogP contribution in [0.5, 0.6) is 0 Å². The van der Waals surface area contributed by atoms with E-state index in [1.165, 1.54) is 15.9 Å². The molecule has 0 N–H and O–H groups in total. The van der Waals surface area contributed by atoms with E-state index in [9.17, 15) is 0 Å². The van der Waals surface area contributed by atoms with Gasteiger partial charge in [-0.25, -0.2) is 0 Å². The molecular weight excluding hydrogens is 283 g/mol. The molecule has 0 aromatic heterocycles. The summed E-state index contributed by atoms with van der Waals surface area (Å²) in [4.78, 5) is 0. The van der Waals surface area contributed by atoms with Crippen molar-refractivity contribution >= 4 is 33.8 Å². The fraction of sp³-hybridized carbons (Fsp3) is 0. The van der Waals surface area contributed by atoms with Crippen LogP contribution in [0.2, 0.25) is 0 Å². The molecule has 0 unspecified atom stereocenters. The zero-order chi connectivity index (χ0) is 13.8. The molecule has 0 aliphatic heterocycles. The van der Waals surface area contributed by atoms with Crippen molar-refractivity contribution in [1.82, 2.24) is 0 Å². The van der Waals surface area contributed by atoms with Crippen molar-refractivity contribution in [3.8, 4) is 0 Å². The minimum absolute atomic E-state index is 1.22. The Morgan fingerprint density at radius 3 is 0.950 bits per heavy atom. The molecule has 0 amide bonds. The van der Waals surface area contributed by atoms with E-state index in [-0.39, 0.29) is 0 Å². The predicted molar refractivity (Wildman–Crippen MR) is 92.4 cm³/mol. The summed E-state index contributed by atoms with van der Waals surface area (Å²) in [7, 11) is 0. The van der Waals surface area contributed by atoms with Crippen molar-refractivity contribution in [2.45, 2.75) is 0 Å². The third kappa shape index (κ3) is 2.38. The van der Waals surface area contributed by atoms with Crippen LogP contribution in [0.15, 0.2) is 91.0 Å².